The van der Waals surface area contributed by atoms with Crippen LogP contribution in [0.3, 0.4) is 0 Å². The van der Waals surface area contributed by atoms with Crippen LogP contribution in [0.1, 0.15) is 271 Å². The average Bonchev–Trinajstić information content (AvgIpc) is 3.25. The van der Waals surface area contributed by atoms with Gasteiger partial charge in [0, 0.05) is 12.8 Å². The maximum Gasteiger partial charge on any atom is 0.305 e. The van der Waals surface area contributed by atoms with Gasteiger partial charge in [0.2, 0.25) is 5.91 Å². The third-order valence-corrected chi connectivity index (χ3v) is 11.9. The maximum atomic E-state index is 12.4. The van der Waals surface area contributed by atoms with Crippen LogP contribution >= 0.6 is 0 Å². The summed E-state index contributed by atoms with van der Waals surface area (Å²) in [7, 11) is 0. The predicted molar refractivity (Wildman–Crippen MR) is 259 cm³/mol. The highest BCUT2D eigenvalue weighted by Gasteiger charge is 2.18. The molecule has 0 fully saturated rings. The number of amides is 1. The molecule has 3 N–H and O–H groups in total. The van der Waals surface area contributed by atoms with E-state index >= 15 is 0 Å². The summed E-state index contributed by atoms with van der Waals surface area (Å²) in [5.74, 6) is -0.103. The Morgan fingerprint density at radius 3 is 1.30 bits per heavy atom. The maximum absolute atomic E-state index is 12.4. The molecule has 0 aromatic carbocycles. The van der Waals surface area contributed by atoms with Gasteiger partial charge in [-0.15, -0.1) is 0 Å². The average molecular weight is 844 g/mol. The molecule has 0 rings (SSSR count). The van der Waals surface area contributed by atoms with Crippen molar-refractivity contribution in [2.75, 3.05) is 13.2 Å². The van der Waals surface area contributed by atoms with Crippen molar-refractivity contribution in [1.82, 2.24) is 5.32 Å². The molecule has 0 aromatic heterocycles. The van der Waals surface area contributed by atoms with Crippen molar-refractivity contribution < 1.29 is 24.5 Å². The number of hydrogen-bond donors (Lipinski definition) is 3. The topological polar surface area (TPSA) is 95.9 Å². The van der Waals surface area contributed by atoms with Crippen LogP contribution in [0.2, 0.25) is 0 Å². The number of esters is 1. The first-order valence-electron chi connectivity index (χ1n) is 26.3. The van der Waals surface area contributed by atoms with E-state index < -0.39 is 12.1 Å². The molecule has 0 saturated heterocycles. The Morgan fingerprint density at radius 2 is 0.833 bits per heavy atom. The van der Waals surface area contributed by atoms with Crippen molar-refractivity contribution in [3.05, 3.63) is 36.5 Å². The molecule has 352 valence electrons. The number of unbranched alkanes of at least 4 members (excludes halogenated alkanes) is 33. The van der Waals surface area contributed by atoms with E-state index in [1.54, 1.807) is 6.08 Å². The number of aliphatic hydroxyl groups is 2. The zero-order valence-electron chi connectivity index (χ0n) is 39.9. The molecule has 0 saturated carbocycles. The largest absolute Gasteiger partial charge is 0.466 e. The molecule has 0 spiro atoms. The van der Waals surface area contributed by atoms with Crippen molar-refractivity contribution in [3.8, 4) is 0 Å². The van der Waals surface area contributed by atoms with E-state index in [0.29, 0.717) is 19.4 Å². The van der Waals surface area contributed by atoms with Crippen molar-refractivity contribution >= 4 is 11.9 Å². The van der Waals surface area contributed by atoms with Crippen molar-refractivity contribution in [1.29, 1.82) is 0 Å². The summed E-state index contributed by atoms with van der Waals surface area (Å²) < 4.78 is 5.45. The molecule has 0 aliphatic rings. The highest BCUT2D eigenvalue weighted by molar-refractivity contribution is 5.76. The van der Waals surface area contributed by atoms with Gasteiger partial charge in [0.05, 0.1) is 25.4 Å². The van der Waals surface area contributed by atoms with Gasteiger partial charge in [0.25, 0.3) is 0 Å². The van der Waals surface area contributed by atoms with Gasteiger partial charge in [0.1, 0.15) is 0 Å². The number of nitrogens with one attached hydrogen (secondary N) is 1. The normalized spacial score (nSPS) is 12.9. The van der Waals surface area contributed by atoms with E-state index in [2.05, 4.69) is 43.5 Å². The second kappa shape index (κ2) is 49.7. The monoisotopic (exact) mass is 844 g/mol. The number of carbonyl (C=O) groups excluding carboxylic acids is 2. The Hall–Kier alpha value is -1.92. The standard InChI is InChI=1S/C54H101NO5/c1-3-5-7-9-11-13-15-17-19-22-26-30-34-38-42-46-52(57)51(50-56)55-53(58)47-43-39-35-31-27-23-21-25-29-33-37-41-45-49-60-54(59)48-44-40-36-32-28-24-20-18-16-14-12-10-8-6-4-2/h12,14,18,20,42,46,51-52,56-57H,3-11,13,15-17,19,21-41,43-45,47-50H2,1-2H3,(H,55,58)/b14-12-,20-18-,46-42+. The molecule has 0 aliphatic heterocycles. The minimum Gasteiger partial charge on any atom is -0.466 e. The lowest BCUT2D eigenvalue weighted by molar-refractivity contribution is -0.143. The SMILES string of the molecule is CCCCC/C=C\C/C=C\CCCCCCCC(=O)OCCCCCCCCCCCCCCCC(=O)NC(CO)C(O)/C=C/CCCCCCCCCCCCCCC. The first-order chi connectivity index (χ1) is 29.5. The lowest BCUT2D eigenvalue weighted by atomic mass is 10.0. The van der Waals surface area contributed by atoms with Gasteiger partial charge in [-0.3, -0.25) is 9.59 Å². The van der Waals surface area contributed by atoms with Crippen LogP contribution in [0.15, 0.2) is 36.5 Å². The third-order valence-electron chi connectivity index (χ3n) is 11.9. The molecule has 6 nitrogen and oxygen atoms in total. The second-order valence-electron chi connectivity index (χ2n) is 17.9. The van der Waals surface area contributed by atoms with Gasteiger partial charge in [-0.2, -0.15) is 0 Å². The van der Waals surface area contributed by atoms with Crippen molar-refractivity contribution in [3.63, 3.8) is 0 Å². The molecule has 2 unspecified atom stereocenters. The fourth-order valence-electron chi connectivity index (χ4n) is 7.84. The third kappa shape index (κ3) is 45.6. The summed E-state index contributed by atoms with van der Waals surface area (Å²) in [5, 5.41) is 23.1. The van der Waals surface area contributed by atoms with Gasteiger partial charge in [-0.05, 0) is 64.2 Å². The molecule has 2 atom stereocenters. The Labute approximate surface area is 373 Å². The summed E-state index contributed by atoms with van der Waals surface area (Å²) in [5.41, 5.74) is 0. The second-order valence-corrected chi connectivity index (χ2v) is 17.9. The smallest absolute Gasteiger partial charge is 0.305 e. The molecule has 0 heterocycles. The quantitative estimate of drug-likeness (QED) is 0.0322. The van der Waals surface area contributed by atoms with E-state index in [1.807, 2.05) is 6.08 Å². The molecular formula is C54H101NO5. The van der Waals surface area contributed by atoms with Crippen LogP contribution < -0.4 is 5.32 Å². The van der Waals surface area contributed by atoms with Crippen LogP contribution in [0, 0.1) is 0 Å². The summed E-state index contributed by atoms with van der Waals surface area (Å²) in [4.78, 5) is 24.5. The molecule has 0 aliphatic carbocycles. The fourth-order valence-corrected chi connectivity index (χ4v) is 7.84. The molecule has 6 heteroatoms. The highest BCUT2D eigenvalue weighted by atomic mass is 16.5. The molecule has 0 radical (unpaired) electrons. The molecular weight excluding hydrogens is 743 g/mol. The van der Waals surface area contributed by atoms with Gasteiger partial charge in [0.15, 0.2) is 0 Å². The first kappa shape index (κ1) is 58.1. The van der Waals surface area contributed by atoms with E-state index in [0.717, 1.165) is 70.6 Å². The molecule has 0 bridgehead atoms. The number of aliphatic hydroxyl groups excluding tert-OH is 2. The van der Waals surface area contributed by atoms with Crippen molar-refractivity contribution in [2.45, 2.75) is 283 Å². The lowest BCUT2D eigenvalue weighted by Crippen LogP contribution is -2.45. The Bertz CT molecular complexity index is 977. The highest BCUT2D eigenvalue weighted by Crippen LogP contribution is 2.16. The van der Waals surface area contributed by atoms with E-state index in [1.165, 1.54) is 173 Å². The van der Waals surface area contributed by atoms with Crippen LogP contribution in [0.25, 0.3) is 0 Å². The Kier molecular flexibility index (Phi) is 48.1. The van der Waals surface area contributed by atoms with E-state index in [-0.39, 0.29) is 18.5 Å². The van der Waals surface area contributed by atoms with Gasteiger partial charge >= 0.3 is 5.97 Å². The van der Waals surface area contributed by atoms with Gasteiger partial charge < -0.3 is 20.3 Å². The minimum absolute atomic E-state index is 0.0213. The van der Waals surface area contributed by atoms with Gasteiger partial charge in [-0.25, -0.2) is 0 Å². The summed E-state index contributed by atoms with van der Waals surface area (Å²) in [6.07, 6.45) is 59.9. The lowest BCUT2D eigenvalue weighted by Gasteiger charge is -2.20. The minimum atomic E-state index is -0.853. The molecule has 0 aromatic rings. The summed E-state index contributed by atoms with van der Waals surface area (Å²) >= 11 is 0. The number of allylic oxidation sites excluding steroid dienone is 5. The van der Waals surface area contributed by atoms with Crippen LogP contribution in [-0.2, 0) is 14.3 Å². The summed E-state index contributed by atoms with van der Waals surface area (Å²) in [6.45, 7) is 4.84. The zero-order valence-corrected chi connectivity index (χ0v) is 39.9. The van der Waals surface area contributed by atoms with E-state index in [4.69, 9.17) is 4.74 Å². The zero-order chi connectivity index (χ0) is 43.7. The fraction of sp³-hybridized carbons (Fsp3) is 0.852. The van der Waals surface area contributed by atoms with Crippen LogP contribution in [0.4, 0.5) is 0 Å². The first-order valence-corrected chi connectivity index (χ1v) is 26.3. The van der Waals surface area contributed by atoms with Crippen LogP contribution in [0.5, 0.6) is 0 Å². The van der Waals surface area contributed by atoms with Gasteiger partial charge in [-0.1, -0.05) is 230 Å². The number of carbonyl (C=O) groups is 2. The molecule has 60 heavy (non-hydrogen) atoms. The van der Waals surface area contributed by atoms with Crippen molar-refractivity contribution in [2.24, 2.45) is 0 Å². The number of rotatable bonds is 48. The Morgan fingerprint density at radius 1 is 0.467 bits per heavy atom. The number of hydrogen-bond acceptors (Lipinski definition) is 5. The van der Waals surface area contributed by atoms with Crippen LogP contribution in [-0.4, -0.2) is 47.4 Å². The molecule has 1 amide bonds. The predicted octanol–water partition coefficient (Wildman–Crippen LogP) is 15.7. The Balaban J connectivity index is 3.50. The van der Waals surface area contributed by atoms with E-state index in [9.17, 15) is 19.8 Å². The summed E-state index contributed by atoms with van der Waals surface area (Å²) in [6, 6.07) is -0.638. The number of ether oxygens (including phenoxy) is 1.